The molecule has 0 radical (unpaired) electrons. The molecule has 4 rings (SSSR count). The van der Waals surface area contributed by atoms with Crippen LogP contribution in [0.15, 0.2) is 28.9 Å². The highest BCUT2D eigenvalue weighted by Crippen LogP contribution is 2.33. The molecule has 0 saturated heterocycles. The number of carbonyl (C=O) groups is 1. The fraction of sp³-hybridized carbons (Fsp3) is 0.400. The maximum atomic E-state index is 11.1. The average Bonchev–Trinajstić information content (AvgIpc) is 3.41. The molecule has 9 heteroatoms. The Labute approximate surface area is 172 Å². The molecule has 0 unspecified atom stereocenters. The van der Waals surface area contributed by atoms with Gasteiger partial charge in [0.15, 0.2) is 5.58 Å². The standard InChI is InChI=1S/C20H21ClN4O4/c1-11(24-12(2)26)9-27-18-6-17-16(8-22-18)25-19(29-17)14-5-15(21)20(23-7-14)28-10-13-3-4-13/h5-8,11,13H,3-4,9-10H2,1-2H3,(H,24,26)/t11-/m0/s1. The number of halogens is 1. The van der Waals surface area contributed by atoms with E-state index in [1.165, 1.54) is 19.8 Å². The van der Waals surface area contributed by atoms with Crippen LogP contribution in [0.4, 0.5) is 0 Å². The molecule has 1 fully saturated rings. The fourth-order valence-corrected chi connectivity index (χ4v) is 2.97. The molecule has 0 aliphatic heterocycles. The van der Waals surface area contributed by atoms with Crippen LogP contribution in [0.1, 0.15) is 26.7 Å². The van der Waals surface area contributed by atoms with Crippen molar-refractivity contribution >= 4 is 28.6 Å². The molecule has 1 aliphatic carbocycles. The largest absolute Gasteiger partial charge is 0.476 e. The van der Waals surface area contributed by atoms with E-state index < -0.39 is 0 Å². The van der Waals surface area contributed by atoms with E-state index in [1.807, 2.05) is 6.92 Å². The van der Waals surface area contributed by atoms with Crippen molar-refractivity contribution < 1.29 is 18.7 Å². The van der Waals surface area contributed by atoms with Crippen molar-refractivity contribution in [2.75, 3.05) is 13.2 Å². The second-order valence-corrected chi connectivity index (χ2v) is 7.59. The topological polar surface area (TPSA) is 99.4 Å². The number of fused-ring (bicyclic) bond motifs is 1. The summed E-state index contributed by atoms with van der Waals surface area (Å²) >= 11 is 6.29. The Bertz CT molecular complexity index is 1030. The Morgan fingerprint density at radius 2 is 2.14 bits per heavy atom. The monoisotopic (exact) mass is 416 g/mol. The van der Waals surface area contributed by atoms with Gasteiger partial charge in [-0.25, -0.2) is 15.0 Å². The predicted molar refractivity (Wildman–Crippen MR) is 107 cm³/mol. The number of aromatic nitrogens is 3. The number of nitrogens with one attached hydrogen (secondary N) is 1. The second-order valence-electron chi connectivity index (χ2n) is 7.19. The van der Waals surface area contributed by atoms with Crippen LogP contribution in [0.3, 0.4) is 0 Å². The highest BCUT2D eigenvalue weighted by molar-refractivity contribution is 6.32. The Morgan fingerprint density at radius 1 is 1.31 bits per heavy atom. The molecule has 1 atom stereocenters. The fourth-order valence-electron chi connectivity index (χ4n) is 2.75. The summed E-state index contributed by atoms with van der Waals surface area (Å²) in [6.45, 7) is 4.25. The predicted octanol–water partition coefficient (Wildman–Crippen LogP) is 3.63. The molecule has 1 N–H and O–H groups in total. The maximum Gasteiger partial charge on any atom is 0.232 e. The highest BCUT2D eigenvalue weighted by atomic mass is 35.5. The number of pyridine rings is 2. The lowest BCUT2D eigenvalue weighted by Crippen LogP contribution is -2.35. The van der Waals surface area contributed by atoms with Crippen molar-refractivity contribution in [1.82, 2.24) is 20.3 Å². The zero-order chi connectivity index (χ0) is 20.4. The molecule has 8 nitrogen and oxygen atoms in total. The van der Waals surface area contributed by atoms with Crippen molar-refractivity contribution in [2.24, 2.45) is 5.92 Å². The van der Waals surface area contributed by atoms with Crippen molar-refractivity contribution in [3.63, 3.8) is 0 Å². The van der Waals surface area contributed by atoms with E-state index in [4.69, 9.17) is 25.5 Å². The molecular formula is C20H21ClN4O4. The van der Waals surface area contributed by atoms with Crippen LogP contribution >= 0.6 is 11.6 Å². The zero-order valence-corrected chi connectivity index (χ0v) is 16.9. The van der Waals surface area contributed by atoms with E-state index in [-0.39, 0.29) is 11.9 Å². The SMILES string of the molecule is CC(=O)N[C@@H](C)COc1cc2oc(-c3cnc(OCC4CC4)c(Cl)c3)nc2cn1. The van der Waals surface area contributed by atoms with Crippen LogP contribution in [-0.2, 0) is 4.79 Å². The van der Waals surface area contributed by atoms with E-state index in [1.54, 1.807) is 24.5 Å². The van der Waals surface area contributed by atoms with Crippen molar-refractivity contribution in [2.45, 2.75) is 32.7 Å². The van der Waals surface area contributed by atoms with E-state index in [0.717, 1.165) is 0 Å². The maximum absolute atomic E-state index is 11.1. The first kappa shape index (κ1) is 19.4. The van der Waals surface area contributed by atoms with Gasteiger partial charge in [-0.05, 0) is 31.7 Å². The van der Waals surface area contributed by atoms with E-state index in [9.17, 15) is 4.79 Å². The molecule has 1 amide bonds. The minimum absolute atomic E-state index is 0.111. The molecule has 1 saturated carbocycles. The Kier molecular flexibility index (Phi) is 5.53. The van der Waals surface area contributed by atoms with Crippen LogP contribution < -0.4 is 14.8 Å². The second kappa shape index (κ2) is 8.24. The van der Waals surface area contributed by atoms with Gasteiger partial charge in [0.1, 0.15) is 17.1 Å². The molecule has 3 heterocycles. The van der Waals surface area contributed by atoms with E-state index in [0.29, 0.717) is 58.5 Å². The van der Waals surface area contributed by atoms with Crippen LogP contribution in [-0.4, -0.2) is 40.1 Å². The number of amides is 1. The molecule has 0 aromatic carbocycles. The number of carbonyl (C=O) groups excluding carboxylic acids is 1. The van der Waals surface area contributed by atoms with Gasteiger partial charge in [0.05, 0.1) is 24.4 Å². The van der Waals surface area contributed by atoms with Gasteiger partial charge in [0.2, 0.25) is 23.6 Å². The summed E-state index contributed by atoms with van der Waals surface area (Å²) in [6.07, 6.45) is 5.59. The van der Waals surface area contributed by atoms with Gasteiger partial charge in [-0.1, -0.05) is 11.6 Å². The number of nitrogens with zero attached hydrogens (tertiary/aromatic N) is 3. The summed E-state index contributed by atoms with van der Waals surface area (Å²) < 4.78 is 17.1. The van der Waals surface area contributed by atoms with Gasteiger partial charge in [0, 0.05) is 19.2 Å². The van der Waals surface area contributed by atoms with Gasteiger partial charge in [0.25, 0.3) is 0 Å². The minimum Gasteiger partial charge on any atom is -0.476 e. The van der Waals surface area contributed by atoms with Gasteiger partial charge in [-0.3, -0.25) is 4.79 Å². The average molecular weight is 417 g/mol. The van der Waals surface area contributed by atoms with Gasteiger partial charge < -0.3 is 19.2 Å². The first-order chi connectivity index (χ1) is 14.0. The number of rotatable bonds is 8. The van der Waals surface area contributed by atoms with Crippen molar-refractivity contribution in [3.8, 4) is 23.2 Å². The van der Waals surface area contributed by atoms with E-state index >= 15 is 0 Å². The molecule has 0 bridgehead atoms. The lowest BCUT2D eigenvalue weighted by molar-refractivity contribution is -0.119. The first-order valence-corrected chi connectivity index (χ1v) is 9.81. The number of hydrogen-bond acceptors (Lipinski definition) is 7. The zero-order valence-electron chi connectivity index (χ0n) is 16.1. The van der Waals surface area contributed by atoms with Crippen molar-refractivity contribution in [1.29, 1.82) is 0 Å². The van der Waals surface area contributed by atoms with Crippen LogP contribution in [0.5, 0.6) is 11.8 Å². The molecule has 0 spiro atoms. The number of hydrogen-bond donors (Lipinski definition) is 1. The third-order valence-corrected chi connectivity index (χ3v) is 4.66. The van der Waals surface area contributed by atoms with Gasteiger partial charge in [-0.2, -0.15) is 0 Å². The summed E-state index contributed by atoms with van der Waals surface area (Å²) in [5, 5.41) is 3.16. The summed E-state index contributed by atoms with van der Waals surface area (Å²) in [4.78, 5) is 24.0. The number of ether oxygens (including phenoxy) is 2. The van der Waals surface area contributed by atoms with Crippen molar-refractivity contribution in [3.05, 3.63) is 29.5 Å². The Morgan fingerprint density at radius 3 is 2.86 bits per heavy atom. The first-order valence-electron chi connectivity index (χ1n) is 9.43. The molecular weight excluding hydrogens is 396 g/mol. The Hall–Kier alpha value is -2.87. The van der Waals surface area contributed by atoms with Crippen LogP contribution in [0.2, 0.25) is 5.02 Å². The van der Waals surface area contributed by atoms with Crippen LogP contribution in [0, 0.1) is 5.92 Å². The molecule has 3 aromatic rings. The lowest BCUT2D eigenvalue weighted by atomic mass is 10.3. The quantitative estimate of drug-likeness (QED) is 0.598. The van der Waals surface area contributed by atoms with Gasteiger partial charge >= 0.3 is 0 Å². The van der Waals surface area contributed by atoms with Crippen LogP contribution in [0.25, 0.3) is 22.6 Å². The summed E-state index contributed by atoms with van der Waals surface area (Å²) in [6, 6.07) is 3.25. The Balaban J connectivity index is 1.46. The molecule has 3 aromatic heterocycles. The third-order valence-electron chi connectivity index (χ3n) is 4.39. The normalized spacial score (nSPS) is 14.6. The van der Waals surface area contributed by atoms with Gasteiger partial charge in [-0.15, -0.1) is 0 Å². The minimum atomic E-state index is -0.135. The summed E-state index contributed by atoms with van der Waals surface area (Å²) in [5.41, 5.74) is 1.77. The van der Waals surface area contributed by atoms with E-state index in [2.05, 4.69) is 20.3 Å². The summed E-state index contributed by atoms with van der Waals surface area (Å²) in [5.74, 6) is 1.70. The third kappa shape index (κ3) is 4.95. The molecule has 1 aliphatic rings. The molecule has 152 valence electrons. The lowest BCUT2D eigenvalue weighted by Gasteiger charge is -2.12. The number of oxazole rings is 1. The highest BCUT2D eigenvalue weighted by Gasteiger charge is 2.23. The smallest absolute Gasteiger partial charge is 0.232 e. The summed E-state index contributed by atoms with van der Waals surface area (Å²) in [7, 11) is 0. The molecule has 29 heavy (non-hydrogen) atoms.